The van der Waals surface area contributed by atoms with Crippen LogP contribution in [0.2, 0.25) is 0 Å². The van der Waals surface area contributed by atoms with Crippen LogP contribution in [0.15, 0.2) is 0 Å². The molecule has 12 heavy (non-hydrogen) atoms. The van der Waals surface area contributed by atoms with Gasteiger partial charge in [-0.2, -0.15) is 0 Å². The van der Waals surface area contributed by atoms with Crippen LogP contribution in [0.3, 0.4) is 0 Å². The molecule has 2 nitrogen and oxygen atoms in total. The fourth-order valence-corrected chi connectivity index (χ4v) is 2.78. The molecule has 2 unspecified atom stereocenters. The zero-order valence-corrected chi connectivity index (χ0v) is 7.77. The van der Waals surface area contributed by atoms with Crippen molar-refractivity contribution in [2.24, 2.45) is 5.92 Å². The highest BCUT2D eigenvalue weighted by Crippen LogP contribution is 2.44. The van der Waals surface area contributed by atoms with Crippen molar-refractivity contribution in [3.8, 4) is 0 Å². The Bertz CT molecular complexity index is 205. The van der Waals surface area contributed by atoms with E-state index in [1.54, 1.807) is 0 Å². The minimum absolute atomic E-state index is 0.0532. The molecule has 68 valence electrons. The van der Waals surface area contributed by atoms with Crippen LogP contribution in [0, 0.1) is 5.92 Å². The van der Waals surface area contributed by atoms with Gasteiger partial charge in [0.1, 0.15) is 5.60 Å². The summed E-state index contributed by atoms with van der Waals surface area (Å²) in [6.07, 6.45) is 5.04. The van der Waals surface area contributed by atoms with Crippen molar-refractivity contribution in [2.45, 2.75) is 37.7 Å². The molecule has 0 aromatic carbocycles. The molecule has 1 aliphatic carbocycles. The zero-order valence-electron chi connectivity index (χ0n) is 7.01. The third-order valence-corrected chi connectivity index (χ3v) is 3.56. The number of carbonyl (C=O) groups is 1. The summed E-state index contributed by atoms with van der Waals surface area (Å²) in [4.78, 5) is 11.1. The van der Waals surface area contributed by atoms with Gasteiger partial charge in [0, 0.05) is 5.92 Å². The van der Waals surface area contributed by atoms with Gasteiger partial charge in [0.2, 0.25) is 0 Å². The Kier molecular flexibility index (Phi) is 2.03. The number of hydrogen-bond donors (Lipinski definition) is 0. The molecule has 0 radical (unpaired) electrons. The van der Waals surface area contributed by atoms with Crippen LogP contribution in [0.25, 0.3) is 0 Å². The Labute approximate surface area is 77.2 Å². The molecule has 3 heteroatoms. The first kappa shape index (κ1) is 8.36. The monoisotopic (exact) mass is 188 g/mol. The summed E-state index contributed by atoms with van der Waals surface area (Å²) in [7, 11) is 0. The molecule has 2 aliphatic rings. The second-order valence-electron chi connectivity index (χ2n) is 3.82. The largest absolute Gasteiger partial charge is 0.457 e. The minimum Gasteiger partial charge on any atom is -0.457 e. The summed E-state index contributed by atoms with van der Waals surface area (Å²) in [5.74, 6) is 0.822. The summed E-state index contributed by atoms with van der Waals surface area (Å²) in [5, 5.41) is 0. The van der Waals surface area contributed by atoms with Crippen molar-refractivity contribution in [1.82, 2.24) is 0 Å². The van der Waals surface area contributed by atoms with Crippen LogP contribution in [0.1, 0.15) is 32.1 Å². The summed E-state index contributed by atoms with van der Waals surface area (Å²) in [6, 6.07) is 0. The first-order valence-corrected chi connectivity index (χ1v) is 5.08. The standard InChI is InChI=1S/C9H13ClO2/c10-6-9-4-2-1-3-7(9)5-8(11)12-9/h7H,1-6H2. The molecule has 0 aromatic rings. The maximum Gasteiger partial charge on any atom is 0.306 e. The van der Waals surface area contributed by atoms with Gasteiger partial charge in [0.15, 0.2) is 0 Å². The first-order valence-electron chi connectivity index (χ1n) is 4.55. The maximum absolute atomic E-state index is 11.1. The number of esters is 1. The Morgan fingerprint density at radius 3 is 3.08 bits per heavy atom. The molecule has 2 rings (SSSR count). The van der Waals surface area contributed by atoms with E-state index >= 15 is 0 Å². The lowest BCUT2D eigenvalue weighted by atomic mass is 9.77. The number of fused-ring (bicyclic) bond motifs is 1. The number of halogens is 1. The lowest BCUT2D eigenvalue weighted by Crippen LogP contribution is -2.40. The van der Waals surface area contributed by atoms with E-state index in [1.807, 2.05) is 0 Å². The van der Waals surface area contributed by atoms with Crippen LogP contribution in [-0.4, -0.2) is 17.5 Å². The van der Waals surface area contributed by atoms with Crippen molar-refractivity contribution >= 4 is 17.6 Å². The number of ether oxygens (including phenoxy) is 1. The fourth-order valence-electron chi connectivity index (χ4n) is 2.38. The van der Waals surface area contributed by atoms with E-state index in [1.165, 1.54) is 6.42 Å². The molecular weight excluding hydrogens is 176 g/mol. The highest BCUT2D eigenvalue weighted by molar-refractivity contribution is 6.18. The van der Waals surface area contributed by atoms with Crippen molar-refractivity contribution in [3.05, 3.63) is 0 Å². The zero-order chi connectivity index (χ0) is 8.60. The van der Waals surface area contributed by atoms with E-state index in [0.717, 1.165) is 19.3 Å². The Morgan fingerprint density at radius 1 is 1.58 bits per heavy atom. The summed E-state index contributed by atoms with van der Waals surface area (Å²) in [5.41, 5.74) is -0.281. The summed E-state index contributed by atoms with van der Waals surface area (Å²) >= 11 is 5.86. The van der Waals surface area contributed by atoms with Gasteiger partial charge < -0.3 is 4.74 Å². The molecule has 2 fully saturated rings. The van der Waals surface area contributed by atoms with Crippen LogP contribution in [-0.2, 0) is 9.53 Å². The van der Waals surface area contributed by atoms with Gasteiger partial charge in [0.25, 0.3) is 0 Å². The molecule has 0 bridgehead atoms. The Hall–Kier alpha value is -0.240. The number of alkyl halides is 1. The molecule has 0 N–H and O–H groups in total. The van der Waals surface area contributed by atoms with E-state index in [2.05, 4.69) is 0 Å². The highest BCUT2D eigenvalue weighted by atomic mass is 35.5. The van der Waals surface area contributed by atoms with Crippen LogP contribution >= 0.6 is 11.6 Å². The van der Waals surface area contributed by atoms with E-state index in [9.17, 15) is 4.79 Å². The molecule has 1 heterocycles. The minimum atomic E-state index is -0.281. The van der Waals surface area contributed by atoms with E-state index < -0.39 is 0 Å². The van der Waals surface area contributed by atoms with Gasteiger partial charge in [-0.3, -0.25) is 4.79 Å². The average Bonchev–Trinajstić information content (AvgIpc) is 2.41. The molecule has 0 spiro atoms. The van der Waals surface area contributed by atoms with Gasteiger partial charge in [-0.1, -0.05) is 6.42 Å². The predicted octanol–water partition coefficient (Wildman–Crippen LogP) is 2.10. The van der Waals surface area contributed by atoms with Gasteiger partial charge in [0.05, 0.1) is 12.3 Å². The van der Waals surface area contributed by atoms with Crippen molar-refractivity contribution < 1.29 is 9.53 Å². The molecular formula is C9H13ClO2. The SMILES string of the molecule is O=C1CC2CCCCC2(CCl)O1. The van der Waals surface area contributed by atoms with Gasteiger partial charge in [-0.05, 0) is 19.3 Å². The van der Waals surface area contributed by atoms with Gasteiger partial charge >= 0.3 is 5.97 Å². The second kappa shape index (κ2) is 2.91. The quantitative estimate of drug-likeness (QED) is 0.466. The molecule has 2 atom stereocenters. The first-order chi connectivity index (χ1) is 5.77. The fraction of sp³-hybridized carbons (Fsp3) is 0.889. The van der Waals surface area contributed by atoms with Crippen LogP contribution in [0.5, 0.6) is 0 Å². The predicted molar refractivity (Wildman–Crippen MR) is 46.1 cm³/mol. The van der Waals surface area contributed by atoms with Gasteiger partial charge in [-0.25, -0.2) is 0 Å². The van der Waals surface area contributed by atoms with E-state index in [-0.39, 0.29) is 11.6 Å². The van der Waals surface area contributed by atoms with E-state index in [0.29, 0.717) is 18.2 Å². The topological polar surface area (TPSA) is 26.3 Å². The molecule has 1 aliphatic heterocycles. The Morgan fingerprint density at radius 2 is 2.42 bits per heavy atom. The molecule has 1 saturated carbocycles. The lowest BCUT2D eigenvalue weighted by molar-refractivity contribution is -0.149. The van der Waals surface area contributed by atoms with Crippen LogP contribution < -0.4 is 0 Å². The molecule has 1 saturated heterocycles. The van der Waals surface area contributed by atoms with Crippen molar-refractivity contribution in [1.29, 1.82) is 0 Å². The summed E-state index contributed by atoms with van der Waals surface area (Å²) in [6.45, 7) is 0. The maximum atomic E-state index is 11.1. The normalized spacial score (nSPS) is 40.8. The second-order valence-corrected chi connectivity index (χ2v) is 4.09. The highest BCUT2D eigenvalue weighted by Gasteiger charge is 2.49. The number of carbonyl (C=O) groups excluding carboxylic acids is 1. The van der Waals surface area contributed by atoms with Crippen molar-refractivity contribution in [2.75, 3.05) is 5.88 Å². The number of rotatable bonds is 1. The average molecular weight is 189 g/mol. The number of hydrogen-bond acceptors (Lipinski definition) is 2. The third-order valence-electron chi connectivity index (χ3n) is 3.10. The lowest BCUT2D eigenvalue weighted by Gasteiger charge is -2.35. The summed E-state index contributed by atoms with van der Waals surface area (Å²) < 4.78 is 5.33. The third kappa shape index (κ3) is 1.13. The molecule has 0 aromatic heterocycles. The smallest absolute Gasteiger partial charge is 0.306 e. The van der Waals surface area contributed by atoms with Crippen LogP contribution in [0.4, 0.5) is 0 Å². The Balaban J connectivity index is 2.19. The van der Waals surface area contributed by atoms with Crippen molar-refractivity contribution in [3.63, 3.8) is 0 Å². The van der Waals surface area contributed by atoms with Gasteiger partial charge in [-0.15, -0.1) is 11.6 Å². The van der Waals surface area contributed by atoms with E-state index in [4.69, 9.17) is 16.3 Å². The molecule has 0 amide bonds.